The molecule has 0 amide bonds. The normalized spacial score (nSPS) is 10.0. The molecular formula is C12H10ClNO. The Kier molecular flexibility index (Phi) is 2.88. The van der Waals surface area contributed by atoms with Crippen LogP contribution in [0.25, 0.3) is 11.3 Å². The summed E-state index contributed by atoms with van der Waals surface area (Å²) in [6.45, 7) is 0. The molecule has 2 aromatic rings. The Morgan fingerprint density at radius 1 is 1.07 bits per heavy atom. The van der Waals surface area contributed by atoms with Crippen LogP contribution in [0.15, 0.2) is 42.5 Å². The van der Waals surface area contributed by atoms with E-state index >= 15 is 0 Å². The maximum Gasteiger partial charge on any atom is 0.232 e. The Labute approximate surface area is 93.5 Å². The van der Waals surface area contributed by atoms with Crippen molar-refractivity contribution in [3.63, 3.8) is 0 Å². The molecule has 0 aliphatic rings. The number of halogens is 1. The molecule has 0 spiro atoms. The predicted molar refractivity (Wildman–Crippen MR) is 61.2 cm³/mol. The van der Waals surface area contributed by atoms with E-state index < -0.39 is 0 Å². The highest BCUT2D eigenvalue weighted by Gasteiger charge is 2.04. The zero-order valence-corrected chi connectivity index (χ0v) is 9.03. The van der Waals surface area contributed by atoms with E-state index in [2.05, 4.69) is 4.98 Å². The number of methoxy groups -OCH3 is 1. The first-order chi connectivity index (χ1) is 7.31. The average Bonchev–Trinajstić information content (AvgIpc) is 2.31. The molecule has 1 aromatic heterocycles. The van der Waals surface area contributed by atoms with Gasteiger partial charge in [0, 0.05) is 5.56 Å². The third kappa shape index (κ3) is 2.10. The average molecular weight is 220 g/mol. The van der Waals surface area contributed by atoms with E-state index in [9.17, 15) is 0 Å². The van der Waals surface area contributed by atoms with Crippen LogP contribution in [0.2, 0.25) is 5.02 Å². The second kappa shape index (κ2) is 4.32. The first-order valence-corrected chi connectivity index (χ1v) is 4.95. The number of hydrogen-bond donors (Lipinski definition) is 0. The van der Waals surface area contributed by atoms with Gasteiger partial charge < -0.3 is 4.74 Å². The molecule has 0 N–H and O–H groups in total. The minimum atomic E-state index is 0.456. The molecule has 0 aliphatic heterocycles. The van der Waals surface area contributed by atoms with Gasteiger partial charge in [0.2, 0.25) is 5.88 Å². The van der Waals surface area contributed by atoms with Gasteiger partial charge in [0.15, 0.2) is 0 Å². The number of rotatable bonds is 2. The van der Waals surface area contributed by atoms with E-state index in [-0.39, 0.29) is 0 Å². The molecule has 0 unspecified atom stereocenters. The van der Waals surface area contributed by atoms with E-state index in [4.69, 9.17) is 16.3 Å². The van der Waals surface area contributed by atoms with Crippen LogP contribution < -0.4 is 4.74 Å². The zero-order valence-electron chi connectivity index (χ0n) is 8.27. The molecule has 1 aromatic carbocycles. The number of aromatic nitrogens is 1. The number of nitrogens with zero attached hydrogens (tertiary/aromatic N) is 1. The van der Waals surface area contributed by atoms with E-state index in [1.165, 1.54) is 0 Å². The van der Waals surface area contributed by atoms with Gasteiger partial charge in [-0.25, -0.2) is 4.98 Å². The van der Waals surface area contributed by atoms with Crippen molar-refractivity contribution in [3.8, 4) is 17.1 Å². The molecule has 0 radical (unpaired) electrons. The molecular weight excluding hydrogens is 210 g/mol. The summed E-state index contributed by atoms with van der Waals surface area (Å²) in [5, 5.41) is 0.525. The van der Waals surface area contributed by atoms with E-state index in [0.29, 0.717) is 10.9 Å². The van der Waals surface area contributed by atoms with Crippen molar-refractivity contribution in [1.82, 2.24) is 4.98 Å². The second-order valence-corrected chi connectivity index (χ2v) is 3.46. The van der Waals surface area contributed by atoms with Crippen LogP contribution in [0.4, 0.5) is 0 Å². The second-order valence-electron chi connectivity index (χ2n) is 3.05. The van der Waals surface area contributed by atoms with Crippen molar-refractivity contribution in [2.75, 3.05) is 7.11 Å². The van der Waals surface area contributed by atoms with Crippen LogP contribution in [-0.4, -0.2) is 12.1 Å². The maximum atomic E-state index is 5.90. The standard InChI is InChI=1S/C12H10ClNO/c1-15-12-10(13)7-8-11(14-12)9-5-3-2-4-6-9/h2-8H,1H3. The summed E-state index contributed by atoms with van der Waals surface area (Å²) in [4.78, 5) is 4.31. The largest absolute Gasteiger partial charge is 0.480 e. The molecule has 76 valence electrons. The van der Waals surface area contributed by atoms with Gasteiger partial charge in [-0.3, -0.25) is 0 Å². The summed E-state index contributed by atoms with van der Waals surface area (Å²) < 4.78 is 5.06. The van der Waals surface area contributed by atoms with E-state index in [0.717, 1.165) is 11.3 Å². The summed E-state index contributed by atoms with van der Waals surface area (Å²) in [5.41, 5.74) is 1.91. The molecule has 2 rings (SSSR count). The molecule has 0 aliphatic carbocycles. The number of ether oxygens (including phenoxy) is 1. The number of benzene rings is 1. The van der Waals surface area contributed by atoms with E-state index in [1.54, 1.807) is 13.2 Å². The highest BCUT2D eigenvalue weighted by Crippen LogP contribution is 2.26. The molecule has 0 fully saturated rings. The maximum absolute atomic E-state index is 5.90. The van der Waals surface area contributed by atoms with Gasteiger partial charge in [0.1, 0.15) is 5.02 Å². The van der Waals surface area contributed by atoms with Crippen molar-refractivity contribution in [2.24, 2.45) is 0 Å². The molecule has 0 saturated heterocycles. The Morgan fingerprint density at radius 2 is 1.80 bits per heavy atom. The predicted octanol–water partition coefficient (Wildman–Crippen LogP) is 3.41. The van der Waals surface area contributed by atoms with Gasteiger partial charge >= 0.3 is 0 Å². The summed E-state index contributed by atoms with van der Waals surface area (Å²) in [6, 6.07) is 13.6. The van der Waals surface area contributed by atoms with Crippen molar-refractivity contribution >= 4 is 11.6 Å². The fraction of sp³-hybridized carbons (Fsp3) is 0.0833. The van der Waals surface area contributed by atoms with Crippen LogP contribution in [0.1, 0.15) is 0 Å². The molecule has 15 heavy (non-hydrogen) atoms. The summed E-state index contributed by atoms with van der Waals surface area (Å²) >= 11 is 5.90. The molecule has 1 heterocycles. The third-order valence-corrected chi connectivity index (χ3v) is 2.36. The molecule has 2 nitrogen and oxygen atoms in total. The lowest BCUT2D eigenvalue weighted by molar-refractivity contribution is 0.398. The molecule has 0 bridgehead atoms. The number of hydrogen-bond acceptors (Lipinski definition) is 2. The van der Waals surface area contributed by atoms with Crippen LogP contribution in [-0.2, 0) is 0 Å². The van der Waals surface area contributed by atoms with Gasteiger partial charge in [-0.1, -0.05) is 41.9 Å². The smallest absolute Gasteiger partial charge is 0.232 e. The summed E-state index contributed by atoms with van der Waals surface area (Å²) in [6.07, 6.45) is 0. The number of pyridine rings is 1. The van der Waals surface area contributed by atoms with Crippen LogP contribution in [0.5, 0.6) is 5.88 Å². The topological polar surface area (TPSA) is 22.1 Å². The van der Waals surface area contributed by atoms with Gasteiger partial charge in [-0.15, -0.1) is 0 Å². The quantitative estimate of drug-likeness (QED) is 0.772. The highest BCUT2D eigenvalue weighted by molar-refractivity contribution is 6.31. The van der Waals surface area contributed by atoms with Crippen molar-refractivity contribution in [3.05, 3.63) is 47.5 Å². The molecule has 0 atom stereocenters. The third-order valence-electron chi connectivity index (χ3n) is 2.08. The zero-order chi connectivity index (χ0) is 10.7. The lowest BCUT2D eigenvalue weighted by Gasteiger charge is -2.05. The Morgan fingerprint density at radius 3 is 2.47 bits per heavy atom. The molecule has 3 heteroatoms. The fourth-order valence-corrected chi connectivity index (χ4v) is 1.52. The van der Waals surface area contributed by atoms with Crippen molar-refractivity contribution in [2.45, 2.75) is 0 Å². The van der Waals surface area contributed by atoms with E-state index in [1.807, 2.05) is 36.4 Å². The Hall–Kier alpha value is -1.54. The van der Waals surface area contributed by atoms with Gasteiger partial charge in [-0.2, -0.15) is 0 Å². The lowest BCUT2D eigenvalue weighted by atomic mass is 10.1. The minimum Gasteiger partial charge on any atom is -0.480 e. The SMILES string of the molecule is COc1nc(-c2ccccc2)ccc1Cl. The van der Waals surface area contributed by atoms with Crippen LogP contribution >= 0.6 is 11.6 Å². The molecule has 0 saturated carbocycles. The summed E-state index contributed by atoms with van der Waals surface area (Å²) in [7, 11) is 1.56. The Balaban J connectivity index is 2.46. The summed E-state index contributed by atoms with van der Waals surface area (Å²) in [5.74, 6) is 0.456. The Bertz CT molecular complexity index is 456. The van der Waals surface area contributed by atoms with Crippen LogP contribution in [0, 0.1) is 0 Å². The fourth-order valence-electron chi connectivity index (χ4n) is 1.34. The van der Waals surface area contributed by atoms with Crippen molar-refractivity contribution < 1.29 is 4.74 Å². The highest BCUT2D eigenvalue weighted by atomic mass is 35.5. The monoisotopic (exact) mass is 219 g/mol. The first kappa shape index (κ1) is 9.99. The first-order valence-electron chi connectivity index (χ1n) is 4.57. The van der Waals surface area contributed by atoms with Crippen molar-refractivity contribution in [1.29, 1.82) is 0 Å². The van der Waals surface area contributed by atoms with Gasteiger partial charge in [0.05, 0.1) is 12.8 Å². The lowest BCUT2D eigenvalue weighted by Crippen LogP contribution is -1.90. The minimum absolute atomic E-state index is 0.456. The van der Waals surface area contributed by atoms with Gasteiger partial charge in [0.25, 0.3) is 0 Å². The van der Waals surface area contributed by atoms with Crippen LogP contribution in [0.3, 0.4) is 0 Å². The van der Waals surface area contributed by atoms with Gasteiger partial charge in [-0.05, 0) is 12.1 Å².